The molecule has 0 bridgehead atoms. The highest BCUT2D eigenvalue weighted by Gasteiger charge is 2.24. The Morgan fingerprint density at radius 3 is 2.60 bits per heavy atom. The first kappa shape index (κ1) is 17.2. The standard InChI is InChI=1S/C16H15N3O4S2/c1-11-8-15(18-23-11)17-16(20)14-9-13(10-24-14)25(21,22)19(2)12-6-4-3-5-7-12/h3-10H,1-2H3,(H,17,18,20). The molecule has 2 heterocycles. The molecular formula is C16H15N3O4S2. The molecule has 0 radical (unpaired) electrons. The lowest BCUT2D eigenvalue weighted by molar-refractivity contribution is 0.102. The van der Waals surface area contributed by atoms with Crippen LogP contribution in [0.2, 0.25) is 0 Å². The number of rotatable bonds is 5. The summed E-state index contributed by atoms with van der Waals surface area (Å²) in [6.07, 6.45) is 0. The highest BCUT2D eigenvalue weighted by atomic mass is 32.2. The van der Waals surface area contributed by atoms with Gasteiger partial charge in [-0.25, -0.2) is 8.42 Å². The van der Waals surface area contributed by atoms with Crippen LogP contribution in [0.15, 0.2) is 57.3 Å². The third-order valence-electron chi connectivity index (χ3n) is 3.45. The molecule has 25 heavy (non-hydrogen) atoms. The van der Waals surface area contributed by atoms with Gasteiger partial charge >= 0.3 is 0 Å². The van der Waals surface area contributed by atoms with Crippen LogP contribution in [0, 0.1) is 6.92 Å². The van der Waals surface area contributed by atoms with Crippen molar-refractivity contribution in [2.75, 3.05) is 16.7 Å². The number of aromatic nitrogens is 1. The maximum atomic E-state index is 12.7. The van der Waals surface area contributed by atoms with Gasteiger partial charge in [-0.15, -0.1) is 11.3 Å². The zero-order valence-electron chi connectivity index (χ0n) is 13.5. The Labute approximate surface area is 148 Å². The molecule has 130 valence electrons. The summed E-state index contributed by atoms with van der Waals surface area (Å²) in [7, 11) is -2.27. The molecule has 7 nitrogen and oxygen atoms in total. The molecule has 0 aliphatic rings. The van der Waals surface area contributed by atoms with Gasteiger partial charge in [0.05, 0.1) is 15.5 Å². The smallest absolute Gasteiger partial charge is 0.267 e. The van der Waals surface area contributed by atoms with Crippen molar-refractivity contribution in [2.45, 2.75) is 11.8 Å². The first-order valence-electron chi connectivity index (χ1n) is 7.25. The average molecular weight is 377 g/mol. The number of nitrogens with zero attached hydrogens (tertiary/aromatic N) is 2. The predicted molar refractivity (Wildman–Crippen MR) is 95.5 cm³/mol. The Kier molecular flexibility index (Phi) is 4.60. The molecule has 9 heteroatoms. The van der Waals surface area contributed by atoms with Gasteiger partial charge in [-0.2, -0.15) is 0 Å². The van der Waals surface area contributed by atoms with Gasteiger partial charge in [0.15, 0.2) is 5.82 Å². The fourth-order valence-corrected chi connectivity index (χ4v) is 4.46. The lowest BCUT2D eigenvalue weighted by atomic mass is 10.3. The fourth-order valence-electron chi connectivity index (χ4n) is 2.11. The lowest BCUT2D eigenvalue weighted by Crippen LogP contribution is -2.26. The van der Waals surface area contributed by atoms with Crippen molar-refractivity contribution in [3.05, 3.63) is 58.5 Å². The van der Waals surface area contributed by atoms with Crippen LogP contribution >= 0.6 is 11.3 Å². The monoisotopic (exact) mass is 377 g/mol. The van der Waals surface area contributed by atoms with E-state index in [4.69, 9.17) is 4.52 Å². The molecule has 0 saturated heterocycles. The summed E-state index contributed by atoms with van der Waals surface area (Å²) < 4.78 is 31.5. The molecule has 0 aliphatic carbocycles. The molecule has 3 aromatic rings. The minimum atomic E-state index is -3.74. The number of carbonyl (C=O) groups excluding carboxylic acids is 1. The van der Waals surface area contributed by atoms with E-state index in [0.717, 1.165) is 11.3 Å². The van der Waals surface area contributed by atoms with E-state index in [2.05, 4.69) is 10.5 Å². The average Bonchev–Trinajstić information content (AvgIpc) is 3.24. The van der Waals surface area contributed by atoms with Crippen molar-refractivity contribution in [2.24, 2.45) is 0 Å². The van der Waals surface area contributed by atoms with Crippen LogP contribution in [-0.2, 0) is 10.0 Å². The van der Waals surface area contributed by atoms with E-state index in [1.807, 2.05) is 6.07 Å². The number of amides is 1. The quantitative estimate of drug-likeness (QED) is 0.737. The summed E-state index contributed by atoms with van der Waals surface area (Å²) in [4.78, 5) is 12.5. The van der Waals surface area contributed by atoms with Crippen LogP contribution in [0.5, 0.6) is 0 Å². The van der Waals surface area contributed by atoms with Gasteiger partial charge in [0, 0.05) is 18.5 Å². The number of carbonyl (C=O) groups is 1. The maximum Gasteiger partial charge on any atom is 0.267 e. The van der Waals surface area contributed by atoms with Gasteiger partial charge in [0.25, 0.3) is 15.9 Å². The number of benzene rings is 1. The molecule has 1 N–H and O–H groups in total. The van der Waals surface area contributed by atoms with Gasteiger partial charge < -0.3 is 9.84 Å². The molecule has 0 aliphatic heterocycles. The molecule has 2 aromatic heterocycles. The van der Waals surface area contributed by atoms with Crippen LogP contribution in [0.3, 0.4) is 0 Å². The number of aryl methyl sites for hydroxylation is 1. The largest absolute Gasteiger partial charge is 0.360 e. The molecule has 0 saturated carbocycles. The Morgan fingerprint density at radius 1 is 1.24 bits per heavy atom. The van der Waals surface area contributed by atoms with Crippen LogP contribution < -0.4 is 9.62 Å². The van der Waals surface area contributed by atoms with Crippen molar-refractivity contribution in [3.63, 3.8) is 0 Å². The number of hydrogen-bond acceptors (Lipinski definition) is 6. The van der Waals surface area contributed by atoms with Crippen molar-refractivity contribution >= 4 is 38.8 Å². The fraction of sp³-hybridized carbons (Fsp3) is 0.125. The Balaban J connectivity index is 1.81. The third-order valence-corrected chi connectivity index (χ3v) is 6.29. The summed E-state index contributed by atoms with van der Waals surface area (Å²) >= 11 is 1.05. The predicted octanol–water partition coefficient (Wildman–Crippen LogP) is 3.12. The Bertz CT molecular complexity index is 993. The van der Waals surface area contributed by atoms with Gasteiger partial charge in [0.2, 0.25) is 0 Å². The first-order chi connectivity index (χ1) is 11.9. The topological polar surface area (TPSA) is 92.5 Å². The van der Waals surface area contributed by atoms with E-state index in [-0.39, 0.29) is 15.6 Å². The molecule has 0 spiro atoms. The van der Waals surface area contributed by atoms with E-state index in [1.54, 1.807) is 37.3 Å². The molecular weight excluding hydrogens is 362 g/mol. The molecule has 0 unspecified atom stereocenters. The first-order valence-corrected chi connectivity index (χ1v) is 9.57. The van der Waals surface area contributed by atoms with E-state index < -0.39 is 15.9 Å². The van der Waals surface area contributed by atoms with Crippen molar-refractivity contribution in [3.8, 4) is 0 Å². The number of para-hydroxylation sites is 1. The van der Waals surface area contributed by atoms with Crippen molar-refractivity contribution in [1.82, 2.24) is 5.16 Å². The Hall–Kier alpha value is -2.65. The van der Waals surface area contributed by atoms with Crippen molar-refractivity contribution < 1.29 is 17.7 Å². The number of hydrogen-bond donors (Lipinski definition) is 1. The van der Waals surface area contributed by atoms with Crippen LogP contribution in [0.1, 0.15) is 15.4 Å². The van der Waals surface area contributed by atoms with Gasteiger partial charge in [-0.3, -0.25) is 9.10 Å². The normalized spacial score (nSPS) is 11.3. The van der Waals surface area contributed by atoms with E-state index in [0.29, 0.717) is 11.4 Å². The lowest BCUT2D eigenvalue weighted by Gasteiger charge is -2.18. The van der Waals surface area contributed by atoms with Crippen molar-refractivity contribution in [1.29, 1.82) is 0 Å². The minimum absolute atomic E-state index is 0.0605. The van der Waals surface area contributed by atoms with Gasteiger partial charge in [-0.1, -0.05) is 23.4 Å². The second-order valence-electron chi connectivity index (χ2n) is 5.23. The van der Waals surface area contributed by atoms with Crippen LogP contribution in [0.25, 0.3) is 0 Å². The summed E-state index contributed by atoms with van der Waals surface area (Å²) in [5.41, 5.74) is 0.540. The van der Waals surface area contributed by atoms with E-state index in [1.165, 1.54) is 22.8 Å². The number of sulfonamides is 1. The molecule has 1 amide bonds. The SMILES string of the molecule is Cc1cc(NC(=O)c2cc(S(=O)(=O)N(C)c3ccccc3)cs2)no1. The number of anilines is 2. The molecule has 3 rings (SSSR count). The molecule has 0 atom stereocenters. The van der Waals surface area contributed by atoms with Crippen LogP contribution in [0.4, 0.5) is 11.5 Å². The summed E-state index contributed by atoms with van der Waals surface area (Å²) in [6.45, 7) is 1.71. The highest BCUT2D eigenvalue weighted by Crippen LogP contribution is 2.26. The van der Waals surface area contributed by atoms with E-state index in [9.17, 15) is 13.2 Å². The molecule has 1 aromatic carbocycles. The zero-order chi connectivity index (χ0) is 18.0. The van der Waals surface area contributed by atoms with E-state index >= 15 is 0 Å². The zero-order valence-corrected chi connectivity index (χ0v) is 15.1. The summed E-state index contributed by atoms with van der Waals surface area (Å²) in [5, 5.41) is 7.68. The van der Waals surface area contributed by atoms with Gasteiger partial charge in [-0.05, 0) is 25.1 Å². The summed E-state index contributed by atoms with van der Waals surface area (Å²) in [6, 6.07) is 11.6. The summed E-state index contributed by atoms with van der Waals surface area (Å²) in [5.74, 6) is 0.401. The maximum absolute atomic E-state index is 12.7. The Morgan fingerprint density at radius 2 is 1.96 bits per heavy atom. The molecule has 0 fully saturated rings. The second kappa shape index (κ2) is 6.69. The highest BCUT2D eigenvalue weighted by molar-refractivity contribution is 7.93. The second-order valence-corrected chi connectivity index (χ2v) is 8.11. The van der Waals surface area contributed by atoms with Crippen LogP contribution in [-0.4, -0.2) is 26.5 Å². The number of thiophene rings is 1. The number of nitrogens with one attached hydrogen (secondary N) is 1. The minimum Gasteiger partial charge on any atom is -0.360 e. The van der Waals surface area contributed by atoms with Gasteiger partial charge in [0.1, 0.15) is 5.76 Å². The third kappa shape index (κ3) is 3.57.